The van der Waals surface area contributed by atoms with Gasteiger partial charge in [0.15, 0.2) is 0 Å². The second-order valence-corrected chi connectivity index (χ2v) is 4.82. The summed E-state index contributed by atoms with van der Waals surface area (Å²) in [5.74, 6) is -1.24. The summed E-state index contributed by atoms with van der Waals surface area (Å²) in [4.78, 5) is 22.0. The van der Waals surface area contributed by atoms with E-state index in [1.54, 1.807) is 24.3 Å². The van der Waals surface area contributed by atoms with Crippen molar-refractivity contribution in [1.82, 2.24) is 0 Å². The summed E-state index contributed by atoms with van der Waals surface area (Å²) in [6.07, 6.45) is 4.30. The molecule has 0 spiro atoms. The number of carbonyl (C=O) groups excluding carboxylic acids is 2. The second-order valence-electron chi connectivity index (χ2n) is 4.82. The fourth-order valence-corrected chi connectivity index (χ4v) is 1.91. The molecule has 0 amide bonds. The molecule has 0 heterocycles. The normalized spacial score (nSPS) is 10.2. The van der Waals surface area contributed by atoms with E-state index in [1.165, 1.54) is 18.4 Å². The number of halogens is 1. The lowest BCUT2D eigenvalue weighted by molar-refractivity contribution is -0.132. The van der Waals surface area contributed by atoms with Crippen LogP contribution < -0.4 is 9.47 Å². The van der Waals surface area contributed by atoms with Crippen molar-refractivity contribution in [2.24, 2.45) is 0 Å². The number of carbonyl (C=O) groups is 2. The fourth-order valence-electron chi connectivity index (χ4n) is 1.91. The quantitative estimate of drug-likeness (QED) is 0.323. The Balaban J connectivity index is 2.05. The summed E-state index contributed by atoms with van der Waals surface area (Å²) < 4.78 is 29.0. The maximum Gasteiger partial charge on any atom is 0.335 e. The van der Waals surface area contributed by atoms with E-state index in [-0.39, 0.29) is 5.75 Å². The number of ether oxygens (including phenoxy) is 3. The third-order valence-corrected chi connectivity index (χ3v) is 3.10. The lowest BCUT2D eigenvalue weighted by Crippen LogP contribution is -2.03. The fraction of sp³-hybridized carbons (Fsp3) is 0. The van der Waals surface area contributed by atoms with Gasteiger partial charge in [0.2, 0.25) is 0 Å². The summed E-state index contributed by atoms with van der Waals surface area (Å²) in [5.41, 5.74) is 0.948. The zero-order valence-electron chi connectivity index (χ0n) is 13.7. The zero-order valence-corrected chi connectivity index (χ0v) is 13.7. The highest BCUT2D eigenvalue weighted by molar-refractivity contribution is 5.83. The maximum atomic E-state index is 14.2. The Morgan fingerprint density at radius 1 is 0.885 bits per heavy atom. The van der Waals surface area contributed by atoms with Crippen LogP contribution in [0, 0.1) is 5.82 Å². The highest BCUT2D eigenvalue weighted by Gasteiger charge is 2.08. The van der Waals surface area contributed by atoms with Gasteiger partial charge in [0, 0.05) is 23.8 Å². The van der Waals surface area contributed by atoms with Crippen molar-refractivity contribution in [3.05, 3.63) is 86.1 Å². The van der Waals surface area contributed by atoms with Crippen LogP contribution in [0.3, 0.4) is 0 Å². The first-order chi connectivity index (χ1) is 12.5. The minimum atomic E-state index is -0.662. The maximum absolute atomic E-state index is 14.2. The molecule has 0 aliphatic rings. The molecule has 0 radical (unpaired) electrons. The highest BCUT2D eigenvalue weighted by Crippen LogP contribution is 2.28. The minimum absolute atomic E-state index is 0.0929. The third kappa shape index (κ3) is 5.17. The van der Waals surface area contributed by atoms with E-state index in [0.717, 1.165) is 24.5 Å². The molecule has 6 heteroatoms. The average Bonchev–Trinajstić information content (AvgIpc) is 2.65. The number of rotatable bonds is 7. The lowest BCUT2D eigenvalue weighted by atomic mass is 10.0. The second kappa shape index (κ2) is 8.98. The zero-order chi connectivity index (χ0) is 18.9. The summed E-state index contributed by atoms with van der Waals surface area (Å²) in [6, 6.07) is 10.7. The molecule has 26 heavy (non-hydrogen) atoms. The van der Waals surface area contributed by atoms with Crippen LogP contribution in [0.1, 0.15) is 0 Å². The van der Waals surface area contributed by atoms with Crippen LogP contribution in [0.4, 0.5) is 4.39 Å². The third-order valence-electron chi connectivity index (χ3n) is 3.10. The number of esters is 2. The van der Waals surface area contributed by atoms with Crippen LogP contribution in [-0.4, -0.2) is 11.9 Å². The number of hydrogen-bond acceptors (Lipinski definition) is 5. The Morgan fingerprint density at radius 2 is 1.54 bits per heavy atom. The van der Waals surface area contributed by atoms with Crippen LogP contribution in [0.5, 0.6) is 11.5 Å². The largest absolute Gasteiger partial charge is 0.462 e. The molecule has 132 valence electrons. The van der Waals surface area contributed by atoms with E-state index >= 15 is 0 Å². The van der Waals surface area contributed by atoms with E-state index in [1.807, 2.05) is 0 Å². The first-order valence-electron chi connectivity index (χ1n) is 7.42. The molecule has 0 fully saturated rings. The Bertz CT molecular complexity index is 853. The van der Waals surface area contributed by atoms with E-state index < -0.39 is 17.8 Å². The van der Waals surface area contributed by atoms with E-state index in [4.69, 9.17) is 9.47 Å². The van der Waals surface area contributed by atoms with Crippen LogP contribution in [0.25, 0.3) is 11.1 Å². The molecule has 0 bridgehead atoms. The van der Waals surface area contributed by atoms with Crippen molar-refractivity contribution in [2.75, 3.05) is 0 Å². The lowest BCUT2D eigenvalue weighted by Gasteiger charge is -2.07. The van der Waals surface area contributed by atoms with Gasteiger partial charge >= 0.3 is 11.9 Å². The first-order valence-corrected chi connectivity index (χ1v) is 7.42. The van der Waals surface area contributed by atoms with Crippen LogP contribution in [0.2, 0.25) is 0 Å². The number of benzene rings is 2. The van der Waals surface area contributed by atoms with Gasteiger partial charge in [0.1, 0.15) is 29.8 Å². The molecule has 0 unspecified atom stereocenters. The predicted molar refractivity (Wildman–Crippen MR) is 93.7 cm³/mol. The Hall–Kier alpha value is -3.67. The Labute approximate surface area is 149 Å². The molecule has 0 saturated heterocycles. The molecule has 0 aliphatic carbocycles. The topological polar surface area (TPSA) is 61.8 Å². The van der Waals surface area contributed by atoms with Crippen LogP contribution >= 0.6 is 0 Å². The van der Waals surface area contributed by atoms with Gasteiger partial charge in [-0.3, -0.25) is 0 Å². The smallest absolute Gasteiger partial charge is 0.335 e. The SMILES string of the molecule is C=CC(=O)O/C=C\Oc1ccc(-c2ccc(OC(=O)C=C)cc2F)cc1. The van der Waals surface area contributed by atoms with Gasteiger partial charge in [-0.1, -0.05) is 25.3 Å². The summed E-state index contributed by atoms with van der Waals surface area (Å²) in [7, 11) is 0. The Morgan fingerprint density at radius 3 is 2.15 bits per heavy atom. The average molecular weight is 354 g/mol. The van der Waals surface area contributed by atoms with E-state index in [0.29, 0.717) is 16.9 Å². The van der Waals surface area contributed by atoms with Gasteiger partial charge in [0.25, 0.3) is 0 Å². The van der Waals surface area contributed by atoms with E-state index in [9.17, 15) is 14.0 Å². The van der Waals surface area contributed by atoms with Gasteiger partial charge in [0.05, 0.1) is 0 Å². The molecular weight excluding hydrogens is 339 g/mol. The van der Waals surface area contributed by atoms with Crippen molar-refractivity contribution in [2.45, 2.75) is 0 Å². The van der Waals surface area contributed by atoms with Crippen LogP contribution in [0.15, 0.2) is 80.3 Å². The number of hydrogen-bond donors (Lipinski definition) is 0. The molecular formula is C20H15FO5. The molecule has 5 nitrogen and oxygen atoms in total. The molecule has 0 saturated carbocycles. The predicted octanol–water partition coefficient (Wildman–Crippen LogP) is 4.16. The highest BCUT2D eigenvalue weighted by atomic mass is 19.1. The van der Waals surface area contributed by atoms with Gasteiger partial charge in [-0.05, 0) is 29.8 Å². The Kier molecular flexibility index (Phi) is 6.45. The van der Waals surface area contributed by atoms with Crippen molar-refractivity contribution in [3.8, 4) is 22.6 Å². The molecule has 0 atom stereocenters. The van der Waals surface area contributed by atoms with Gasteiger partial charge in [-0.25, -0.2) is 14.0 Å². The standard InChI is InChI=1S/C20H15FO5/c1-3-19(22)25-12-11-24-15-7-5-14(6-8-15)17-10-9-16(13-18(17)21)26-20(23)4-2/h3-13H,1-2H2/b12-11-. The molecule has 2 aromatic carbocycles. The minimum Gasteiger partial charge on any atom is -0.462 e. The van der Waals surface area contributed by atoms with Gasteiger partial charge in [-0.2, -0.15) is 0 Å². The molecule has 2 aromatic rings. The van der Waals surface area contributed by atoms with Crippen molar-refractivity contribution in [1.29, 1.82) is 0 Å². The molecule has 0 aromatic heterocycles. The summed E-state index contributed by atoms with van der Waals surface area (Å²) in [6.45, 7) is 6.54. The van der Waals surface area contributed by atoms with Crippen molar-refractivity contribution in [3.63, 3.8) is 0 Å². The monoisotopic (exact) mass is 354 g/mol. The molecule has 0 N–H and O–H groups in total. The van der Waals surface area contributed by atoms with Gasteiger partial charge < -0.3 is 14.2 Å². The first kappa shape index (κ1) is 18.7. The van der Waals surface area contributed by atoms with Crippen LogP contribution in [-0.2, 0) is 14.3 Å². The molecule has 2 rings (SSSR count). The molecule has 0 aliphatic heterocycles. The summed E-state index contributed by atoms with van der Waals surface area (Å²) >= 11 is 0. The van der Waals surface area contributed by atoms with Gasteiger partial charge in [-0.15, -0.1) is 0 Å². The summed E-state index contributed by atoms with van der Waals surface area (Å²) in [5, 5.41) is 0. The van der Waals surface area contributed by atoms with Crippen molar-refractivity contribution < 1.29 is 28.2 Å². The van der Waals surface area contributed by atoms with Crippen molar-refractivity contribution >= 4 is 11.9 Å². The van der Waals surface area contributed by atoms with E-state index in [2.05, 4.69) is 17.9 Å².